The zero-order valence-corrected chi connectivity index (χ0v) is 13.3. The smallest absolute Gasteiger partial charge is 0.0885 e. The Kier molecular flexibility index (Phi) is 5.00. The van der Waals surface area contributed by atoms with E-state index in [1.165, 1.54) is 0 Å². The molecule has 0 aliphatic heterocycles. The second-order valence-corrected chi connectivity index (χ2v) is 5.87. The Morgan fingerprint density at radius 2 is 1.84 bits per heavy atom. The highest BCUT2D eigenvalue weighted by atomic mass is 79.9. The maximum atomic E-state index is 9.26. The summed E-state index contributed by atoms with van der Waals surface area (Å²) in [7, 11) is 0. The van der Waals surface area contributed by atoms with Gasteiger partial charge in [0, 0.05) is 21.2 Å². The average Bonchev–Trinajstić information content (AvgIpc) is 2.43. The summed E-state index contributed by atoms with van der Waals surface area (Å²) in [5.74, 6) is -0.156. The van der Waals surface area contributed by atoms with Crippen LogP contribution < -0.4 is 5.32 Å². The van der Waals surface area contributed by atoms with Gasteiger partial charge in [-0.1, -0.05) is 46.3 Å². The molecule has 0 aliphatic carbocycles. The Labute approximate surface area is 129 Å². The molecule has 1 unspecified atom stereocenters. The van der Waals surface area contributed by atoms with Crippen LogP contribution in [-0.4, -0.2) is 6.54 Å². The fourth-order valence-electron chi connectivity index (χ4n) is 1.77. The molecule has 2 aromatic carbocycles. The number of hydrogen-bond donors (Lipinski definition) is 1. The Bertz CT molecular complexity index is 591. The second kappa shape index (κ2) is 6.74. The minimum absolute atomic E-state index is 0.156. The number of hydrogen-bond acceptors (Lipinski definition) is 2. The summed E-state index contributed by atoms with van der Waals surface area (Å²) in [5, 5.41) is 12.6. The SMILES string of the molecule is N#CC(CNc1ccc(Br)cc1Br)c1ccccc1. The van der Waals surface area contributed by atoms with Gasteiger partial charge in [0.05, 0.1) is 12.0 Å². The van der Waals surface area contributed by atoms with E-state index in [9.17, 15) is 5.26 Å². The van der Waals surface area contributed by atoms with Crippen LogP contribution in [0.3, 0.4) is 0 Å². The molecule has 0 aromatic heterocycles. The molecule has 2 aromatic rings. The average molecular weight is 380 g/mol. The molecule has 0 radical (unpaired) electrons. The molecular formula is C15H12Br2N2. The lowest BCUT2D eigenvalue weighted by Crippen LogP contribution is -2.11. The van der Waals surface area contributed by atoms with Gasteiger partial charge in [-0.05, 0) is 39.7 Å². The first-order valence-electron chi connectivity index (χ1n) is 5.84. The first-order valence-corrected chi connectivity index (χ1v) is 7.43. The van der Waals surface area contributed by atoms with Crippen LogP contribution in [0.2, 0.25) is 0 Å². The molecule has 0 aliphatic rings. The van der Waals surface area contributed by atoms with Gasteiger partial charge >= 0.3 is 0 Å². The minimum Gasteiger partial charge on any atom is -0.382 e. The molecule has 0 saturated carbocycles. The Morgan fingerprint density at radius 3 is 2.47 bits per heavy atom. The van der Waals surface area contributed by atoms with Gasteiger partial charge in [-0.15, -0.1) is 0 Å². The quantitative estimate of drug-likeness (QED) is 0.817. The first kappa shape index (κ1) is 14.1. The van der Waals surface area contributed by atoms with Crippen molar-refractivity contribution in [2.75, 3.05) is 11.9 Å². The summed E-state index contributed by atoms with van der Waals surface area (Å²) in [4.78, 5) is 0. The maximum absolute atomic E-state index is 9.26. The van der Waals surface area contributed by atoms with Crippen molar-refractivity contribution < 1.29 is 0 Å². The van der Waals surface area contributed by atoms with Crippen molar-refractivity contribution >= 4 is 37.5 Å². The number of benzene rings is 2. The molecule has 0 fully saturated rings. The topological polar surface area (TPSA) is 35.8 Å². The van der Waals surface area contributed by atoms with Gasteiger partial charge in [-0.2, -0.15) is 5.26 Å². The molecule has 4 heteroatoms. The highest BCUT2D eigenvalue weighted by Gasteiger charge is 2.10. The molecular weight excluding hydrogens is 368 g/mol. The lowest BCUT2D eigenvalue weighted by atomic mass is 10.0. The maximum Gasteiger partial charge on any atom is 0.0885 e. The predicted molar refractivity (Wildman–Crippen MR) is 85.1 cm³/mol. The third-order valence-electron chi connectivity index (χ3n) is 2.79. The summed E-state index contributed by atoms with van der Waals surface area (Å²) >= 11 is 6.92. The predicted octanol–water partition coefficient (Wildman–Crippen LogP) is 4.93. The summed E-state index contributed by atoms with van der Waals surface area (Å²) in [6.07, 6.45) is 0. The van der Waals surface area contributed by atoms with Gasteiger partial charge < -0.3 is 5.32 Å². The van der Waals surface area contributed by atoms with Gasteiger partial charge in [0.15, 0.2) is 0 Å². The highest BCUT2D eigenvalue weighted by molar-refractivity contribution is 9.11. The van der Waals surface area contributed by atoms with Gasteiger partial charge in [-0.3, -0.25) is 0 Å². The second-order valence-electron chi connectivity index (χ2n) is 4.10. The zero-order chi connectivity index (χ0) is 13.7. The van der Waals surface area contributed by atoms with E-state index >= 15 is 0 Å². The number of rotatable bonds is 4. The van der Waals surface area contributed by atoms with E-state index in [4.69, 9.17) is 0 Å². The fraction of sp³-hybridized carbons (Fsp3) is 0.133. The van der Waals surface area contributed by atoms with Gasteiger partial charge in [0.1, 0.15) is 0 Å². The van der Waals surface area contributed by atoms with E-state index < -0.39 is 0 Å². The summed E-state index contributed by atoms with van der Waals surface area (Å²) in [6, 6.07) is 18.1. The highest BCUT2D eigenvalue weighted by Crippen LogP contribution is 2.27. The van der Waals surface area contributed by atoms with Crippen LogP contribution in [0.25, 0.3) is 0 Å². The molecule has 2 rings (SSSR count). The standard InChI is InChI=1S/C15H12Br2N2/c16-13-6-7-15(14(17)8-13)19-10-12(9-18)11-4-2-1-3-5-11/h1-8,12,19H,10H2. The van der Waals surface area contributed by atoms with Crippen LogP contribution in [-0.2, 0) is 0 Å². The Balaban J connectivity index is 2.07. The van der Waals surface area contributed by atoms with E-state index in [0.717, 1.165) is 20.2 Å². The van der Waals surface area contributed by atoms with Crippen LogP contribution >= 0.6 is 31.9 Å². The Hall–Kier alpha value is -1.31. The fourth-order valence-corrected chi connectivity index (χ4v) is 2.96. The van der Waals surface area contributed by atoms with Crippen LogP contribution in [0.4, 0.5) is 5.69 Å². The van der Waals surface area contributed by atoms with Crippen LogP contribution in [0, 0.1) is 11.3 Å². The van der Waals surface area contributed by atoms with Crippen molar-refractivity contribution in [2.45, 2.75) is 5.92 Å². The monoisotopic (exact) mass is 378 g/mol. The molecule has 0 amide bonds. The lowest BCUT2D eigenvalue weighted by Gasteiger charge is -2.13. The van der Waals surface area contributed by atoms with E-state index in [2.05, 4.69) is 43.2 Å². The van der Waals surface area contributed by atoms with Crippen molar-refractivity contribution in [3.8, 4) is 6.07 Å². The largest absolute Gasteiger partial charge is 0.382 e. The number of halogens is 2. The molecule has 2 nitrogen and oxygen atoms in total. The normalized spacial score (nSPS) is 11.6. The van der Waals surface area contributed by atoms with Crippen molar-refractivity contribution in [1.29, 1.82) is 5.26 Å². The van der Waals surface area contributed by atoms with Gasteiger partial charge in [0.25, 0.3) is 0 Å². The summed E-state index contributed by atoms with van der Waals surface area (Å²) < 4.78 is 2.00. The molecule has 1 N–H and O–H groups in total. The lowest BCUT2D eigenvalue weighted by molar-refractivity contribution is 0.900. The van der Waals surface area contributed by atoms with E-state index in [-0.39, 0.29) is 5.92 Å². The minimum atomic E-state index is -0.156. The molecule has 0 bridgehead atoms. The number of nitrogens with zero attached hydrogens (tertiary/aromatic N) is 1. The molecule has 1 atom stereocenters. The van der Waals surface area contributed by atoms with Gasteiger partial charge in [-0.25, -0.2) is 0 Å². The third-order valence-corrected chi connectivity index (χ3v) is 3.93. The summed E-state index contributed by atoms with van der Waals surface area (Å²) in [5.41, 5.74) is 2.02. The molecule has 0 saturated heterocycles. The molecule has 0 spiro atoms. The zero-order valence-electron chi connectivity index (χ0n) is 10.1. The first-order chi connectivity index (χ1) is 9.20. The summed E-state index contributed by atoms with van der Waals surface area (Å²) in [6.45, 7) is 0.584. The van der Waals surface area contributed by atoms with Crippen molar-refractivity contribution in [3.05, 3.63) is 63.0 Å². The van der Waals surface area contributed by atoms with E-state index in [0.29, 0.717) is 6.54 Å². The number of anilines is 1. The molecule has 96 valence electrons. The van der Waals surface area contributed by atoms with Crippen molar-refractivity contribution in [1.82, 2.24) is 0 Å². The van der Waals surface area contributed by atoms with E-state index in [1.807, 2.05) is 48.5 Å². The van der Waals surface area contributed by atoms with Crippen LogP contribution in [0.5, 0.6) is 0 Å². The van der Waals surface area contributed by atoms with Crippen molar-refractivity contribution in [3.63, 3.8) is 0 Å². The number of nitriles is 1. The van der Waals surface area contributed by atoms with Crippen LogP contribution in [0.1, 0.15) is 11.5 Å². The van der Waals surface area contributed by atoms with E-state index in [1.54, 1.807) is 0 Å². The van der Waals surface area contributed by atoms with Crippen LogP contribution in [0.15, 0.2) is 57.5 Å². The third kappa shape index (κ3) is 3.82. The van der Waals surface area contributed by atoms with Gasteiger partial charge in [0.2, 0.25) is 0 Å². The number of nitrogens with one attached hydrogen (secondary N) is 1. The molecule has 0 heterocycles. The van der Waals surface area contributed by atoms with Crippen molar-refractivity contribution in [2.24, 2.45) is 0 Å². The molecule has 19 heavy (non-hydrogen) atoms. The Morgan fingerprint density at radius 1 is 1.11 bits per heavy atom.